The van der Waals surface area contributed by atoms with Gasteiger partial charge in [-0.3, -0.25) is 0 Å². The summed E-state index contributed by atoms with van der Waals surface area (Å²) in [6.07, 6.45) is -3.61. The van der Waals surface area contributed by atoms with Crippen LogP contribution in [-0.4, -0.2) is 34.6 Å². The zero-order valence-electron chi connectivity index (χ0n) is 13.1. The monoisotopic (exact) mass is 395 g/mol. The molecule has 0 aliphatic heterocycles. The van der Waals surface area contributed by atoms with Gasteiger partial charge in [0.1, 0.15) is 23.3 Å². The Morgan fingerprint density at radius 2 is 1.96 bits per heavy atom. The van der Waals surface area contributed by atoms with E-state index in [-0.39, 0.29) is 23.0 Å². The van der Waals surface area contributed by atoms with Crippen LogP contribution in [-0.2, 0) is 4.74 Å². The zero-order valence-corrected chi connectivity index (χ0v) is 14.7. The first-order chi connectivity index (χ1) is 10.5. The van der Waals surface area contributed by atoms with Gasteiger partial charge < -0.3 is 20.3 Å². The van der Waals surface area contributed by atoms with Gasteiger partial charge in [0.2, 0.25) is 0 Å². The first kappa shape index (κ1) is 19.8. The summed E-state index contributed by atoms with van der Waals surface area (Å²) in [6, 6.07) is 1.61. The molecule has 0 saturated heterocycles. The number of alkyl carbamates (subject to hydrolysis) is 1. The first-order valence-corrected chi connectivity index (χ1v) is 7.78. The Labute approximate surface area is 141 Å². The highest BCUT2D eigenvalue weighted by Crippen LogP contribution is 2.30. The first-order valence-electron chi connectivity index (χ1n) is 6.98. The lowest BCUT2D eigenvalue weighted by Crippen LogP contribution is -2.34. The highest BCUT2D eigenvalue weighted by atomic mass is 79.9. The van der Waals surface area contributed by atoms with E-state index >= 15 is 0 Å². The largest absolute Gasteiger partial charge is 0.444 e. The third-order valence-corrected chi connectivity index (χ3v) is 3.47. The van der Waals surface area contributed by atoms with E-state index < -0.39 is 35.5 Å². The van der Waals surface area contributed by atoms with E-state index in [1.54, 1.807) is 20.8 Å². The van der Waals surface area contributed by atoms with Crippen LogP contribution in [0.2, 0.25) is 0 Å². The van der Waals surface area contributed by atoms with Crippen LogP contribution in [0.4, 0.5) is 13.6 Å². The van der Waals surface area contributed by atoms with Crippen LogP contribution in [0.1, 0.15) is 38.9 Å². The van der Waals surface area contributed by atoms with Crippen LogP contribution in [0, 0.1) is 11.6 Å². The van der Waals surface area contributed by atoms with E-state index in [0.29, 0.717) is 6.07 Å². The van der Waals surface area contributed by atoms with Crippen LogP contribution >= 0.6 is 15.9 Å². The number of rotatable bonds is 5. The Balaban J connectivity index is 2.59. The summed E-state index contributed by atoms with van der Waals surface area (Å²) in [5, 5.41) is 22.3. The minimum Gasteiger partial charge on any atom is -0.444 e. The Hall–Kier alpha value is -1.25. The Morgan fingerprint density at radius 3 is 2.48 bits per heavy atom. The van der Waals surface area contributed by atoms with Gasteiger partial charge in [-0.05, 0) is 33.3 Å². The predicted molar refractivity (Wildman–Crippen MR) is 83.9 cm³/mol. The van der Waals surface area contributed by atoms with Gasteiger partial charge in [-0.15, -0.1) is 0 Å². The molecule has 0 spiro atoms. The quantitative estimate of drug-likeness (QED) is 0.715. The normalized spacial score (nSPS) is 14.3. The van der Waals surface area contributed by atoms with Crippen LogP contribution in [0.5, 0.6) is 0 Å². The molecule has 8 heteroatoms. The van der Waals surface area contributed by atoms with Gasteiger partial charge in [0.25, 0.3) is 0 Å². The smallest absolute Gasteiger partial charge is 0.407 e. The van der Waals surface area contributed by atoms with Crippen LogP contribution in [0.3, 0.4) is 0 Å². The molecule has 1 aromatic carbocycles. The number of hydrogen-bond donors (Lipinski definition) is 3. The second-order valence-electron chi connectivity index (χ2n) is 6.01. The number of carbonyl (C=O) groups excluding carboxylic acids is 1. The SMILES string of the molecule is CC(C)(C)OC(=O)NCCC(O)C(O)c1c(F)cc(F)cc1Br. The molecule has 0 aliphatic carbocycles. The average molecular weight is 396 g/mol. The molecule has 0 saturated carbocycles. The molecular weight excluding hydrogens is 376 g/mol. The highest BCUT2D eigenvalue weighted by molar-refractivity contribution is 9.10. The van der Waals surface area contributed by atoms with Crippen molar-refractivity contribution < 1.29 is 28.5 Å². The molecule has 5 nitrogen and oxygen atoms in total. The van der Waals surface area contributed by atoms with Gasteiger partial charge in [0, 0.05) is 22.6 Å². The molecule has 3 N–H and O–H groups in total. The molecule has 0 radical (unpaired) electrons. The van der Waals surface area contributed by atoms with Gasteiger partial charge in [-0.1, -0.05) is 15.9 Å². The second kappa shape index (κ2) is 8.03. The summed E-state index contributed by atoms with van der Waals surface area (Å²) in [5.41, 5.74) is -0.888. The van der Waals surface area contributed by atoms with Gasteiger partial charge in [-0.25, -0.2) is 13.6 Å². The number of benzene rings is 1. The Kier molecular flexibility index (Phi) is 6.91. The second-order valence-corrected chi connectivity index (χ2v) is 6.87. The van der Waals surface area contributed by atoms with Gasteiger partial charge in [0.05, 0.1) is 6.10 Å². The lowest BCUT2D eigenvalue weighted by molar-refractivity contribution is 0.00987. The number of hydrogen-bond acceptors (Lipinski definition) is 4. The van der Waals surface area contributed by atoms with E-state index in [1.165, 1.54) is 0 Å². The minimum atomic E-state index is -1.56. The third kappa shape index (κ3) is 6.40. The van der Waals surface area contributed by atoms with E-state index in [1.807, 2.05) is 0 Å². The fraction of sp³-hybridized carbons (Fsp3) is 0.533. The van der Waals surface area contributed by atoms with Crippen molar-refractivity contribution >= 4 is 22.0 Å². The van der Waals surface area contributed by atoms with Gasteiger partial charge in [-0.2, -0.15) is 0 Å². The van der Waals surface area contributed by atoms with Gasteiger partial charge >= 0.3 is 6.09 Å². The molecule has 0 fully saturated rings. The van der Waals surface area contributed by atoms with Crippen molar-refractivity contribution in [2.45, 2.75) is 45.0 Å². The third-order valence-electron chi connectivity index (χ3n) is 2.81. The molecule has 0 heterocycles. The summed E-state index contributed by atoms with van der Waals surface area (Å²) >= 11 is 2.95. The van der Waals surface area contributed by atoms with E-state index in [2.05, 4.69) is 21.2 Å². The molecule has 0 aromatic heterocycles. The van der Waals surface area contributed by atoms with Crippen molar-refractivity contribution in [2.24, 2.45) is 0 Å². The number of carbonyl (C=O) groups is 1. The molecule has 0 bridgehead atoms. The Morgan fingerprint density at radius 1 is 1.35 bits per heavy atom. The summed E-state index contributed by atoms with van der Waals surface area (Å²) in [7, 11) is 0. The fourth-order valence-electron chi connectivity index (χ4n) is 1.82. The number of aliphatic hydroxyl groups excluding tert-OH is 2. The molecule has 2 unspecified atom stereocenters. The molecule has 1 rings (SSSR count). The van der Waals surface area contributed by atoms with Crippen LogP contribution in [0.15, 0.2) is 16.6 Å². The maximum Gasteiger partial charge on any atom is 0.407 e. The maximum absolute atomic E-state index is 13.7. The molecule has 0 aliphatic rings. The van der Waals surface area contributed by atoms with Crippen molar-refractivity contribution in [3.8, 4) is 0 Å². The van der Waals surface area contributed by atoms with E-state index in [0.717, 1.165) is 6.07 Å². The molecular formula is C15H20BrF2NO4. The molecule has 1 amide bonds. The number of amides is 1. The maximum atomic E-state index is 13.7. The summed E-state index contributed by atoms with van der Waals surface area (Å²) in [4.78, 5) is 11.4. The predicted octanol–water partition coefficient (Wildman–Crippen LogP) is 3.04. The average Bonchev–Trinajstić information content (AvgIpc) is 2.34. The number of aliphatic hydroxyl groups is 2. The van der Waals surface area contributed by atoms with Crippen molar-refractivity contribution in [2.75, 3.05) is 6.54 Å². The Bertz CT molecular complexity index is 540. The van der Waals surface area contributed by atoms with Gasteiger partial charge in [0.15, 0.2) is 0 Å². The number of ether oxygens (including phenoxy) is 1. The standard InChI is InChI=1S/C15H20BrF2NO4/c1-15(2,3)23-14(22)19-5-4-11(20)13(21)12-9(16)6-8(17)7-10(12)18/h6-7,11,13,20-21H,4-5H2,1-3H3,(H,19,22). The minimum absolute atomic E-state index is 0.0154. The van der Waals surface area contributed by atoms with Crippen molar-refractivity contribution in [1.82, 2.24) is 5.32 Å². The molecule has 23 heavy (non-hydrogen) atoms. The summed E-state index contributed by atoms with van der Waals surface area (Å²) in [5.74, 6) is -1.77. The molecule has 2 atom stereocenters. The lowest BCUT2D eigenvalue weighted by atomic mass is 10.0. The van der Waals surface area contributed by atoms with Crippen molar-refractivity contribution in [3.05, 3.63) is 33.8 Å². The molecule has 1 aromatic rings. The van der Waals surface area contributed by atoms with E-state index in [9.17, 15) is 23.8 Å². The summed E-state index contributed by atoms with van der Waals surface area (Å²) in [6.45, 7) is 5.15. The van der Waals surface area contributed by atoms with E-state index in [4.69, 9.17) is 4.74 Å². The topological polar surface area (TPSA) is 78.8 Å². The van der Waals surface area contributed by atoms with Crippen molar-refractivity contribution in [3.63, 3.8) is 0 Å². The molecule has 130 valence electrons. The highest BCUT2D eigenvalue weighted by Gasteiger charge is 2.25. The number of nitrogens with one attached hydrogen (secondary N) is 1. The summed E-state index contributed by atoms with van der Waals surface area (Å²) < 4.78 is 31.8. The van der Waals surface area contributed by atoms with Crippen molar-refractivity contribution in [1.29, 1.82) is 0 Å². The number of halogens is 3. The lowest BCUT2D eigenvalue weighted by Gasteiger charge is -2.22. The zero-order chi connectivity index (χ0) is 17.8. The fourth-order valence-corrected chi connectivity index (χ4v) is 2.47. The van der Waals surface area contributed by atoms with Crippen LogP contribution in [0.25, 0.3) is 0 Å². The van der Waals surface area contributed by atoms with Crippen LogP contribution < -0.4 is 5.32 Å².